The topological polar surface area (TPSA) is 59.8 Å². The average Bonchev–Trinajstić information content (AvgIpc) is 3.21. The second kappa shape index (κ2) is 8.49. The number of benzene rings is 1. The molecule has 3 rings (SSSR count). The quantitative estimate of drug-likeness (QED) is 0.537. The normalized spacial score (nSPS) is 11.2. The molecule has 0 saturated heterocycles. The Balaban J connectivity index is 1.77. The predicted octanol–water partition coefficient (Wildman–Crippen LogP) is 5.55. The molecule has 3 aromatic rings. The molecular formula is C21H26N4OS2. The van der Waals surface area contributed by atoms with Crippen molar-refractivity contribution in [3.8, 4) is 11.4 Å². The Kier molecular flexibility index (Phi) is 6.25. The van der Waals surface area contributed by atoms with Crippen LogP contribution in [-0.2, 0) is 4.79 Å². The monoisotopic (exact) mass is 414 g/mol. The van der Waals surface area contributed by atoms with Crippen molar-refractivity contribution < 1.29 is 4.79 Å². The number of carbonyl (C=O) groups is 1. The number of nitrogens with zero attached hydrogens (tertiary/aromatic N) is 3. The third-order valence-corrected chi connectivity index (χ3v) is 6.87. The third kappa shape index (κ3) is 4.15. The Hall–Kier alpha value is -2.12. The number of nitrogens with one attached hydrogen (secondary N) is 1. The summed E-state index contributed by atoms with van der Waals surface area (Å²) < 4.78 is 2.12. The minimum absolute atomic E-state index is 0.0406. The third-order valence-electron chi connectivity index (χ3n) is 4.92. The van der Waals surface area contributed by atoms with Gasteiger partial charge in [-0.3, -0.25) is 9.36 Å². The van der Waals surface area contributed by atoms with E-state index in [-0.39, 0.29) is 11.9 Å². The first-order chi connectivity index (χ1) is 13.3. The summed E-state index contributed by atoms with van der Waals surface area (Å²) >= 11 is 3.15. The van der Waals surface area contributed by atoms with E-state index in [1.807, 2.05) is 32.0 Å². The molecule has 0 radical (unpaired) electrons. The molecule has 0 aliphatic rings. The van der Waals surface area contributed by atoms with E-state index in [2.05, 4.69) is 53.2 Å². The van der Waals surface area contributed by atoms with Gasteiger partial charge in [-0.05, 0) is 64.3 Å². The molecule has 7 heteroatoms. The molecule has 0 spiro atoms. The lowest BCUT2D eigenvalue weighted by Crippen LogP contribution is -2.16. The van der Waals surface area contributed by atoms with Gasteiger partial charge in [0.1, 0.15) is 0 Å². The maximum absolute atomic E-state index is 12.5. The number of rotatable bonds is 6. The zero-order chi connectivity index (χ0) is 20.4. The summed E-state index contributed by atoms with van der Waals surface area (Å²) in [6.45, 7) is 12.5. The number of hydrogen-bond donors (Lipinski definition) is 1. The lowest BCUT2D eigenvalue weighted by Gasteiger charge is -2.14. The van der Waals surface area contributed by atoms with Crippen LogP contribution in [0.15, 0.2) is 28.7 Å². The minimum atomic E-state index is -0.0406. The highest BCUT2D eigenvalue weighted by Crippen LogP contribution is 2.33. The maximum Gasteiger partial charge on any atom is 0.234 e. The summed E-state index contributed by atoms with van der Waals surface area (Å²) in [5, 5.41) is 14.7. The molecule has 0 bridgehead atoms. The molecule has 1 N–H and O–H groups in total. The highest BCUT2D eigenvalue weighted by atomic mass is 32.2. The summed E-state index contributed by atoms with van der Waals surface area (Å²) in [6, 6.07) is 6.13. The SMILES string of the molecule is Cc1cccc(NC(=O)CSc2nnc(-c3csc(C)c3C)n2C(C)C)c1C. The van der Waals surface area contributed by atoms with Gasteiger partial charge in [0, 0.05) is 27.5 Å². The maximum atomic E-state index is 12.5. The van der Waals surface area contributed by atoms with E-state index in [0.717, 1.165) is 33.4 Å². The van der Waals surface area contributed by atoms with Gasteiger partial charge in [-0.1, -0.05) is 23.9 Å². The Morgan fingerprint density at radius 3 is 2.57 bits per heavy atom. The molecule has 1 aromatic carbocycles. The lowest BCUT2D eigenvalue weighted by atomic mass is 10.1. The van der Waals surface area contributed by atoms with Crippen LogP contribution >= 0.6 is 23.1 Å². The van der Waals surface area contributed by atoms with Crippen LogP contribution in [0.2, 0.25) is 0 Å². The first-order valence-electron chi connectivity index (χ1n) is 9.28. The highest BCUT2D eigenvalue weighted by molar-refractivity contribution is 7.99. The van der Waals surface area contributed by atoms with Gasteiger partial charge in [0.05, 0.1) is 5.75 Å². The second-order valence-corrected chi connectivity index (χ2v) is 9.21. The van der Waals surface area contributed by atoms with Gasteiger partial charge >= 0.3 is 0 Å². The highest BCUT2D eigenvalue weighted by Gasteiger charge is 2.20. The van der Waals surface area contributed by atoms with Gasteiger partial charge in [-0.25, -0.2) is 0 Å². The zero-order valence-corrected chi connectivity index (χ0v) is 18.8. The van der Waals surface area contributed by atoms with Crippen LogP contribution in [-0.4, -0.2) is 26.4 Å². The lowest BCUT2D eigenvalue weighted by molar-refractivity contribution is -0.113. The fraction of sp³-hybridized carbons (Fsp3) is 0.381. The van der Waals surface area contributed by atoms with Gasteiger partial charge in [0.25, 0.3) is 0 Å². The van der Waals surface area contributed by atoms with Crippen molar-refractivity contribution in [1.82, 2.24) is 14.8 Å². The molecule has 148 valence electrons. The summed E-state index contributed by atoms with van der Waals surface area (Å²) in [4.78, 5) is 13.8. The van der Waals surface area contributed by atoms with Crippen molar-refractivity contribution in [3.05, 3.63) is 45.1 Å². The van der Waals surface area contributed by atoms with Gasteiger partial charge in [-0.2, -0.15) is 0 Å². The number of aryl methyl sites for hydroxylation is 2. The molecule has 1 amide bonds. The molecule has 0 atom stereocenters. The van der Waals surface area contributed by atoms with Crippen molar-refractivity contribution in [3.63, 3.8) is 0 Å². The molecule has 5 nitrogen and oxygen atoms in total. The first-order valence-corrected chi connectivity index (χ1v) is 11.1. The Morgan fingerprint density at radius 1 is 1.18 bits per heavy atom. The van der Waals surface area contributed by atoms with Crippen LogP contribution < -0.4 is 5.32 Å². The molecule has 0 aliphatic heterocycles. The Labute approximate surface area is 174 Å². The number of thiophene rings is 1. The van der Waals surface area contributed by atoms with E-state index < -0.39 is 0 Å². The van der Waals surface area contributed by atoms with Crippen molar-refractivity contribution in [2.24, 2.45) is 0 Å². The van der Waals surface area contributed by atoms with Crippen LogP contribution in [0.1, 0.15) is 41.5 Å². The number of anilines is 1. The standard InChI is InChI=1S/C21H26N4OS2/c1-12(2)25-20(17-10-27-16(6)15(17)5)23-24-21(25)28-11-19(26)22-18-9-7-8-13(3)14(18)4/h7-10,12H,11H2,1-6H3,(H,22,26). The number of thioether (sulfide) groups is 1. The van der Waals surface area contributed by atoms with Crippen molar-refractivity contribution in [2.75, 3.05) is 11.1 Å². The first kappa shape index (κ1) is 20.6. The minimum Gasteiger partial charge on any atom is -0.325 e. The van der Waals surface area contributed by atoms with E-state index >= 15 is 0 Å². The second-order valence-electron chi connectivity index (χ2n) is 7.18. The molecular weight excluding hydrogens is 388 g/mol. The van der Waals surface area contributed by atoms with Gasteiger partial charge < -0.3 is 5.32 Å². The number of carbonyl (C=O) groups excluding carboxylic acids is 1. The van der Waals surface area contributed by atoms with Gasteiger partial charge in [0.2, 0.25) is 5.91 Å². The molecule has 0 unspecified atom stereocenters. The summed E-state index contributed by atoms with van der Waals surface area (Å²) in [5.41, 5.74) is 5.48. The van der Waals surface area contributed by atoms with Gasteiger partial charge in [-0.15, -0.1) is 21.5 Å². The fourth-order valence-electron chi connectivity index (χ4n) is 2.96. The van der Waals surface area contributed by atoms with E-state index in [4.69, 9.17) is 0 Å². The summed E-state index contributed by atoms with van der Waals surface area (Å²) in [7, 11) is 0. The zero-order valence-electron chi connectivity index (χ0n) is 17.2. The number of hydrogen-bond acceptors (Lipinski definition) is 5. The largest absolute Gasteiger partial charge is 0.325 e. The fourth-order valence-corrected chi connectivity index (χ4v) is 4.69. The van der Waals surface area contributed by atoms with Crippen molar-refractivity contribution in [2.45, 2.75) is 52.7 Å². The predicted molar refractivity (Wildman–Crippen MR) is 118 cm³/mol. The van der Waals surface area contributed by atoms with Crippen LogP contribution in [0, 0.1) is 27.7 Å². The molecule has 28 heavy (non-hydrogen) atoms. The number of aromatic nitrogens is 3. The number of amides is 1. The average molecular weight is 415 g/mol. The Bertz CT molecular complexity index is 1000. The molecule has 0 fully saturated rings. The smallest absolute Gasteiger partial charge is 0.234 e. The van der Waals surface area contributed by atoms with E-state index in [0.29, 0.717) is 5.75 Å². The van der Waals surface area contributed by atoms with E-state index in [1.165, 1.54) is 22.2 Å². The van der Waals surface area contributed by atoms with Crippen LogP contribution in [0.5, 0.6) is 0 Å². The molecule has 0 saturated carbocycles. The van der Waals surface area contributed by atoms with Crippen LogP contribution in [0.25, 0.3) is 11.4 Å². The molecule has 0 aliphatic carbocycles. The Morgan fingerprint density at radius 2 is 1.93 bits per heavy atom. The van der Waals surface area contributed by atoms with Crippen LogP contribution in [0.3, 0.4) is 0 Å². The van der Waals surface area contributed by atoms with Gasteiger partial charge in [0.15, 0.2) is 11.0 Å². The van der Waals surface area contributed by atoms with E-state index in [1.54, 1.807) is 11.3 Å². The molecule has 2 heterocycles. The summed E-state index contributed by atoms with van der Waals surface area (Å²) in [6.07, 6.45) is 0. The molecule has 2 aromatic heterocycles. The van der Waals surface area contributed by atoms with Crippen molar-refractivity contribution in [1.29, 1.82) is 0 Å². The van der Waals surface area contributed by atoms with Crippen LogP contribution in [0.4, 0.5) is 5.69 Å². The van der Waals surface area contributed by atoms with Crippen molar-refractivity contribution >= 4 is 34.7 Å². The summed E-state index contributed by atoms with van der Waals surface area (Å²) in [5.74, 6) is 1.12. The van der Waals surface area contributed by atoms with E-state index in [9.17, 15) is 4.79 Å².